The van der Waals surface area contributed by atoms with E-state index in [0.29, 0.717) is 12.2 Å². The standard InChI is InChI=1S/C23H21N3O3/c27-22(25-19-10-8-16(9-11-19)18-7-4-12-24-13-18)21-15-26(23(28)29)14-20(21)17-5-2-1-3-6-17/h1-13,20-21H,14-15H2,(H,25,27)(H,28,29). The zero-order valence-corrected chi connectivity index (χ0v) is 15.7. The van der Waals surface area contributed by atoms with Gasteiger partial charge in [-0.2, -0.15) is 0 Å². The summed E-state index contributed by atoms with van der Waals surface area (Å²) in [7, 11) is 0. The third kappa shape index (κ3) is 4.11. The Kier molecular flexibility index (Phi) is 5.24. The van der Waals surface area contributed by atoms with Crippen LogP contribution in [-0.4, -0.2) is 40.1 Å². The minimum atomic E-state index is -0.998. The van der Waals surface area contributed by atoms with Crippen molar-refractivity contribution in [2.45, 2.75) is 5.92 Å². The molecule has 0 spiro atoms. The molecule has 0 bridgehead atoms. The predicted molar refractivity (Wildman–Crippen MR) is 111 cm³/mol. The Labute approximate surface area is 168 Å². The minimum Gasteiger partial charge on any atom is -0.465 e. The zero-order chi connectivity index (χ0) is 20.2. The number of benzene rings is 2. The first-order valence-electron chi connectivity index (χ1n) is 9.46. The minimum absolute atomic E-state index is 0.165. The number of rotatable bonds is 4. The molecule has 2 heterocycles. The lowest BCUT2D eigenvalue weighted by atomic mass is 9.88. The normalized spacial score (nSPS) is 18.4. The highest BCUT2D eigenvalue weighted by Gasteiger charge is 2.40. The van der Waals surface area contributed by atoms with Crippen LogP contribution in [0.5, 0.6) is 0 Å². The largest absolute Gasteiger partial charge is 0.465 e. The van der Waals surface area contributed by atoms with Crippen LogP contribution in [-0.2, 0) is 4.79 Å². The summed E-state index contributed by atoms with van der Waals surface area (Å²) in [6.07, 6.45) is 2.52. The van der Waals surface area contributed by atoms with Gasteiger partial charge < -0.3 is 15.3 Å². The summed E-state index contributed by atoms with van der Waals surface area (Å²) in [6, 6.07) is 21.0. The van der Waals surface area contributed by atoms with Crippen molar-refractivity contribution in [3.05, 3.63) is 84.7 Å². The first-order valence-corrected chi connectivity index (χ1v) is 9.46. The molecule has 2 aromatic carbocycles. The van der Waals surface area contributed by atoms with Gasteiger partial charge in [0.05, 0.1) is 5.92 Å². The molecule has 1 fully saturated rings. The summed E-state index contributed by atoms with van der Waals surface area (Å²) in [5.74, 6) is -0.773. The van der Waals surface area contributed by atoms with Crippen LogP contribution in [0.25, 0.3) is 11.1 Å². The molecule has 6 nitrogen and oxygen atoms in total. The third-order valence-corrected chi connectivity index (χ3v) is 5.30. The van der Waals surface area contributed by atoms with Crippen molar-refractivity contribution in [3.63, 3.8) is 0 Å². The number of nitrogens with one attached hydrogen (secondary N) is 1. The van der Waals surface area contributed by atoms with Crippen LogP contribution in [0.3, 0.4) is 0 Å². The van der Waals surface area contributed by atoms with Gasteiger partial charge >= 0.3 is 6.09 Å². The number of aromatic nitrogens is 1. The molecule has 2 amide bonds. The van der Waals surface area contributed by atoms with Gasteiger partial charge in [-0.05, 0) is 34.9 Å². The molecular weight excluding hydrogens is 366 g/mol. The molecule has 1 aliphatic rings. The molecule has 2 atom stereocenters. The first-order chi connectivity index (χ1) is 14.1. The van der Waals surface area contributed by atoms with Crippen LogP contribution in [0, 0.1) is 5.92 Å². The van der Waals surface area contributed by atoms with Crippen molar-refractivity contribution in [1.82, 2.24) is 9.88 Å². The monoisotopic (exact) mass is 387 g/mol. The van der Waals surface area contributed by atoms with E-state index in [1.807, 2.05) is 66.7 Å². The molecule has 2 unspecified atom stereocenters. The summed E-state index contributed by atoms with van der Waals surface area (Å²) < 4.78 is 0. The number of pyridine rings is 1. The summed E-state index contributed by atoms with van der Waals surface area (Å²) in [4.78, 5) is 29.9. The van der Waals surface area contributed by atoms with Gasteiger partial charge in [-0.1, -0.05) is 48.5 Å². The van der Waals surface area contributed by atoms with E-state index in [2.05, 4.69) is 10.3 Å². The van der Waals surface area contributed by atoms with Crippen LogP contribution in [0.1, 0.15) is 11.5 Å². The Hall–Kier alpha value is -3.67. The van der Waals surface area contributed by atoms with E-state index in [1.165, 1.54) is 4.90 Å². The Bertz CT molecular complexity index is 991. The number of anilines is 1. The van der Waals surface area contributed by atoms with E-state index in [9.17, 15) is 14.7 Å². The smallest absolute Gasteiger partial charge is 0.407 e. The number of carbonyl (C=O) groups is 2. The van der Waals surface area contributed by atoms with Crippen LogP contribution in [0.2, 0.25) is 0 Å². The number of carboxylic acid groups (broad SMARTS) is 1. The molecule has 0 radical (unpaired) electrons. The van der Waals surface area contributed by atoms with E-state index in [-0.39, 0.29) is 18.4 Å². The average molecular weight is 387 g/mol. The SMILES string of the molecule is O=C(Nc1ccc(-c2cccnc2)cc1)C1CN(C(=O)O)CC1c1ccccc1. The highest BCUT2D eigenvalue weighted by atomic mass is 16.4. The highest BCUT2D eigenvalue weighted by molar-refractivity contribution is 5.94. The summed E-state index contributed by atoms with van der Waals surface area (Å²) in [5.41, 5.74) is 3.67. The maximum atomic E-state index is 13.0. The summed E-state index contributed by atoms with van der Waals surface area (Å²) in [6.45, 7) is 0.506. The summed E-state index contributed by atoms with van der Waals surface area (Å²) in [5, 5.41) is 12.3. The van der Waals surface area contributed by atoms with Crippen molar-refractivity contribution in [2.75, 3.05) is 18.4 Å². The second-order valence-electron chi connectivity index (χ2n) is 7.12. The zero-order valence-electron chi connectivity index (χ0n) is 15.7. The maximum Gasteiger partial charge on any atom is 0.407 e. The van der Waals surface area contributed by atoms with Crippen molar-refractivity contribution >= 4 is 17.7 Å². The second-order valence-corrected chi connectivity index (χ2v) is 7.12. The van der Waals surface area contributed by atoms with E-state index >= 15 is 0 Å². The number of hydrogen-bond donors (Lipinski definition) is 2. The van der Waals surface area contributed by atoms with Crippen molar-refractivity contribution in [1.29, 1.82) is 0 Å². The molecule has 2 N–H and O–H groups in total. The predicted octanol–water partition coefficient (Wildman–Crippen LogP) is 4.08. The van der Waals surface area contributed by atoms with Crippen LogP contribution in [0.4, 0.5) is 10.5 Å². The van der Waals surface area contributed by atoms with Gasteiger partial charge in [0, 0.05) is 37.1 Å². The van der Waals surface area contributed by atoms with E-state index < -0.39 is 12.0 Å². The molecule has 0 saturated carbocycles. The van der Waals surface area contributed by atoms with Gasteiger partial charge in [0.2, 0.25) is 5.91 Å². The summed E-state index contributed by atoms with van der Waals surface area (Å²) >= 11 is 0. The molecule has 1 aromatic heterocycles. The number of carbonyl (C=O) groups excluding carboxylic acids is 1. The Morgan fingerprint density at radius 2 is 1.69 bits per heavy atom. The topological polar surface area (TPSA) is 82.5 Å². The van der Waals surface area contributed by atoms with E-state index in [4.69, 9.17) is 0 Å². The molecule has 6 heteroatoms. The van der Waals surface area contributed by atoms with Gasteiger partial charge in [0.15, 0.2) is 0 Å². The van der Waals surface area contributed by atoms with Crippen LogP contribution < -0.4 is 5.32 Å². The molecule has 3 aromatic rings. The van der Waals surface area contributed by atoms with Gasteiger partial charge in [-0.3, -0.25) is 9.78 Å². The number of amides is 2. The molecule has 4 rings (SSSR count). The van der Waals surface area contributed by atoms with Gasteiger partial charge in [0.1, 0.15) is 0 Å². The van der Waals surface area contributed by atoms with E-state index in [1.54, 1.807) is 12.4 Å². The van der Waals surface area contributed by atoms with Crippen molar-refractivity contribution < 1.29 is 14.7 Å². The molecule has 29 heavy (non-hydrogen) atoms. The maximum absolute atomic E-state index is 13.0. The van der Waals surface area contributed by atoms with Gasteiger partial charge in [-0.25, -0.2) is 4.79 Å². The Morgan fingerprint density at radius 3 is 2.34 bits per heavy atom. The Balaban J connectivity index is 1.51. The lowest BCUT2D eigenvalue weighted by molar-refractivity contribution is -0.119. The number of hydrogen-bond acceptors (Lipinski definition) is 3. The molecule has 1 aliphatic heterocycles. The molecule has 146 valence electrons. The lowest BCUT2D eigenvalue weighted by Gasteiger charge is -2.18. The fraction of sp³-hybridized carbons (Fsp3) is 0.174. The fourth-order valence-electron chi connectivity index (χ4n) is 3.78. The van der Waals surface area contributed by atoms with Crippen molar-refractivity contribution in [2.24, 2.45) is 5.92 Å². The highest BCUT2D eigenvalue weighted by Crippen LogP contribution is 2.33. The van der Waals surface area contributed by atoms with Crippen LogP contribution in [0.15, 0.2) is 79.1 Å². The van der Waals surface area contributed by atoms with Gasteiger partial charge in [-0.15, -0.1) is 0 Å². The lowest BCUT2D eigenvalue weighted by Crippen LogP contribution is -2.30. The number of nitrogens with zero attached hydrogens (tertiary/aromatic N) is 2. The molecule has 1 saturated heterocycles. The van der Waals surface area contributed by atoms with E-state index in [0.717, 1.165) is 16.7 Å². The third-order valence-electron chi connectivity index (χ3n) is 5.30. The van der Waals surface area contributed by atoms with Crippen molar-refractivity contribution in [3.8, 4) is 11.1 Å². The first kappa shape index (κ1) is 18.7. The van der Waals surface area contributed by atoms with Crippen LogP contribution >= 0.6 is 0 Å². The average Bonchev–Trinajstić information content (AvgIpc) is 3.22. The fourth-order valence-corrected chi connectivity index (χ4v) is 3.78. The second kappa shape index (κ2) is 8.14. The molecular formula is C23H21N3O3. The van der Waals surface area contributed by atoms with Gasteiger partial charge in [0.25, 0.3) is 0 Å². The quantitative estimate of drug-likeness (QED) is 0.707. The molecule has 0 aliphatic carbocycles. The number of likely N-dealkylation sites (tertiary alicyclic amines) is 1. The Morgan fingerprint density at radius 1 is 0.931 bits per heavy atom.